The number of fused-ring (bicyclic) bond motifs is 1. The molecule has 102 valence electrons. The van der Waals surface area contributed by atoms with Gasteiger partial charge in [0.15, 0.2) is 5.82 Å². The Balaban J connectivity index is 2.01. The topological polar surface area (TPSA) is 43.6 Å². The van der Waals surface area contributed by atoms with Crippen molar-refractivity contribution in [1.82, 2.24) is 19.7 Å². The number of hydrogen-bond acceptors (Lipinski definition) is 4. The third-order valence-electron chi connectivity index (χ3n) is 3.24. The van der Waals surface area contributed by atoms with E-state index in [9.17, 15) is 4.39 Å². The summed E-state index contributed by atoms with van der Waals surface area (Å²) >= 11 is 1.54. The normalized spacial score (nSPS) is 11.1. The van der Waals surface area contributed by atoms with Crippen LogP contribution < -0.4 is 0 Å². The molecule has 4 aromatic rings. The molecule has 2 aromatic carbocycles. The molecule has 0 atom stereocenters. The highest BCUT2D eigenvalue weighted by Crippen LogP contribution is 2.30. The quantitative estimate of drug-likeness (QED) is 0.566. The first-order chi connectivity index (χ1) is 10.3. The zero-order valence-corrected chi connectivity index (χ0v) is 11.6. The van der Waals surface area contributed by atoms with E-state index in [-0.39, 0.29) is 0 Å². The van der Waals surface area contributed by atoms with Gasteiger partial charge in [0.2, 0.25) is 0 Å². The fourth-order valence-corrected chi connectivity index (χ4v) is 3.02. The number of thiazole rings is 1. The van der Waals surface area contributed by atoms with E-state index in [4.69, 9.17) is 0 Å². The molecule has 4 nitrogen and oxygen atoms in total. The molecule has 2 aromatic heterocycles. The molecule has 0 saturated carbocycles. The SMILES string of the molecule is Fc1nnc(-c2cccc3scnc23)n1-c1ccccc1. The molecule has 4 rings (SSSR count). The number of aromatic nitrogens is 4. The predicted molar refractivity (Wildman–Crippen MR) is 79.9 cm³/mol. The first-order valence-electron chi connectivity index (χ1n) is 6.33. The summed E-state index contributed by atoms with van der Waals surface area (Å²) in [6.45, 7) is 0. The lowest BCUT2D eigenvalue weighted by Gasteiger charge is -2.07. The molecule has 0 radical (unpaired) electrons. The number of rotatable bonds is 2. The lowest BCUT2D eigenvalue weighted by molar-refractivity contribution is 0.518. The molecule has 0 N–H and O–H groups in total. The molecule has 0 amide bonds. The van der Waals surface area contributed by atoms with Crippen molar-refractivity contribution in [2.45, 2.75) is 0 Å². The van der Waals surface area contributed by atoms with Crippen molar-refractivity contribution in [3.05, 3.63) is 60.1 Å². The van der Waals surface area contributed by atoms with E-state index in [1.54, 1.807) is 16.8 Å². The Hall–Kier alpha value is -2.60. The van der Waals surface area contributed by atoms with E-state index in [1.807, 2.05) is 48.5 Å². The first kappa shape index (κ1) is 12.2. The van der Waals surface area contributed by atoms with Crippen LogP contribution in [0.15, 0.2) is 54.0 Å². The average Bonchev–Trinajstić information content (AvgIpc) is 3.14. The van der Waals surface area contributed by atoms with Crippen LogP contribution in [0.4, 0.5) is 4.39 Å². The van der Waals surface area contributed by atoms with Crippen molar-refractivity contribution in [2.24, 2.45) is 0 Å². The van der Waals surface area contributed by atoms with Crippen LogP contribution in [0.3, 0.4) is 0 Å². The van der Waals surface area contributed by atoms with Gasteiger partial charge in [-0.25, -0.2) is 4.98 Å². The second-order valence-electron chi connectivity index (χ2n) is 4.47. The molecule has 0 unspecified atom stereocenters. The molecule has 6 heteroatoms. The Morgan fingerprint density at radius 2 is 1.81 bits per heavy atom. The Kier molecular flexibility index (Phi) is 2.75. The van der Waals surface area contributed by atoms with E-state index in [0.717, 1.165) is 15.8 Å². The highest BCUT2D eigenvalue weighted by atomic mass is 32.1. The number of halogens is 1. The fraction of sp³-hybridized carbons (Fsp3) is 0. The van der Waals surface area contributed by atoms with Crippen molar-refractivity contribution < 1.29 is 4.39 Å². The molecule has 0 saturated heterocycles. The van der Waals surface area contributed by atoms with Crippen LogP contribution in [0.2, 0.25) is 0 Å². The molecule has 21 heavy (non-hydrogen) atoms. The summed E-state index contributed by atoms with van der Waals surface area (Å²) in [6, 6.07) is 15.0. The third kappa shape index (κ3) is 1.92. The molecule has 0 spiro atoms. The molecule has 2 heterocycles. The van der Waals surface area contributed by atoms with Crippen molar-refractivity contribution in [3.63, 3.8) is 0 Å². The average molecular weight is 296 g/mol. The maximum absolute atomic E-state index is 14.1. The molecule has 0 aliphatic rings. The van der Waals surface area contributed by atoms with Crippen LogP contribution in [0.1, 0.15) is 0 Å². The zero-order chi connectivity index (χ0) is 14.2. The van der Waals surface area contributed by atoms with Gasteiger partial charge in [0.1, 0.15) is 0 Å². The van der Waals surface area contributed by atoms with Crippen molar-refractivity contribution in [3.8, 4) is 17.1 Å². The van der Waals surface area contributed by atoms with Crippen LogP contribution in [0.25, 0.3) is 27.3 Å². The van der Waals surface area contributed by atoms with E-state index >= 15 is 0 Å². The maximum atomic E-state index is 14.1. The van der Waals surface area contributed by atoms with Gasteiger partial charge < -0.3 is 0 Å². The summed E-state index contributed by atoms with van der Waals surface area (Å²) in [6.07, 6.45) is -0.636. The van der Waals surface area contributed by atoms with Crippen molar-refractivity contribution >= 4 is 21.6 Å². The minimum Gasteiger partial charge on any atom is -0.251 e. The number of para-hydroxylation sites is 2. The van der Waals surface area contributed by atoms with Gasteiger partial charge in [-0.3, -0.25) is 4.57 Å². The van der Waals surface area contributed by atoms with Crippen LogP contribution >= 0.6 is 11.3 Å². The van der Waals surface area contributed by atoms with E-state index < -0.39 is 6.08 Å². The molecule has 0 aliphatic heterocycles. The van der Waals surface area contributed by atoms with E-state index in [0.29, 0.717) is 11.5 Å². The van der Waals surface area contributed by atoms with E-state index in [1.165, 1.54) is 4.57 Å². The van der Waals surface area contributed by atoms with Gasteiger partial charge in [0.05, 0.1) is 21.4 Å². The Labute approximate surface area is 123 Å². The van der Waals surface area contributed by atoms with Gasteiger partial charge in [-0.1, -0.05) is 29.4 Å². The van der Waals surface area contributed by atoms with Crippen LogP contribution in [-0.4, -0.2) is 19.7 Å². The maximum Gasteiger partial charge on any atom is 0.314 e. The zero-order valence-electron chi connectivity index (χ0n) is 10.8. The van der Waals surface area contributed by atoms with Crippen LogP contribution in [0.5, 0.6) is 0 Å². The summed E-state index contributed by atoms with van der Waals surface area (Å²) in [5.74, 6) is 0.454. The summed E-state index contributed by atoms with van der Waals surface area (Å²) in [5, 5.41) is 7.58. The Morgan fingerprint density at radius 1 is 0.952 bits per heavy atom. The summed E-state index contributed by atoms with van der Waals surface area (Å²) in [7, 11) is 0. The van der Waals surface area contributed by atoms with Gasteiger partial charge in [-0.2, -0.15) is 4.39 Å². The van der Waals surface area contributed by atoms with Gasteiger partial charge in [-0.05, 0) is 24.3 Å². The molecule has 0 bridgehead atoms. The fourth-order valence-electron chi connectivity index (χ4n) is 2.31. The van der Waals surface area contributed by atoms with Crippen molar-refractivity contribution in [1.29, 1.82) is 0 Å². The van der Waals surface area contributed by atoms with Gasteiger partial charge >= 0.3 is 6.08 Å². The van der Waals surface area contributed by atoms with Gasteiger partial charge in [0, 0.05) is 5.56 Å². The Morgan fingerprint density at radius 3 is 2.67 bits per heavy atom. The summed E-state index contributed by atoms with van der Waals surface area (Å²) < 4.78 is 16.5. The Bertz CT molecular complexity index is 914. The summed E-state index contributed by atoms with van der Waals surface area (Å²) in [4.78, 5) is 4.35. The minimum atomic E-state index is -0.636. The second kappa shape index (κ2) is 4.75. The smallest absolute Gasteiger partial charge is 0.251 e. The molecule has 0 aliphatic carbocycles. The van der Waals surface area contributed by atoms with Gasteiger partial charge in [-0.15, -0.1) is 16.4 Å². The first-order valence-corrected chi connectivity index (χ1v) is 7.21. The van der Waals surface area contributed by atoms with Crippen LogP contribution in [0, 0.1) is 6.08 Å². The van der Waals surface area contributed by atoms with Gasteiger partial charge in [0.25, 0.3) is 0 Å². The highest BCUT2D eigenvalue weighted by molar-refractivity contribution is 7.16. The molecule has 0 fully saturated rings. The number of benzene rings is 2. The third-order valence-corrected chi connectivity index (χ3v) is 4.03. The van der Waals surface area contributed by atoms with Crippen LogP contribution in [-0.2, 0) is 0 Å². The minimum absolute atomic E-state index is 0.454. The molecular formula is C15H9FN4S. The lowest BCUT2D eigenvalue weighted by Crippen LogP contribution is -2.00. The lowest BCUT2D eigenvalue weighted by atomic mass is 10.2. The standard InChI is InChI=1S/C15H9FN4S/c16-15-19-18-14(20(15)10-5-2-1-3-6-10)11-7-4-8-12-13(11)17-9-21-12/h1-9H. The summed E-state index contributed by atoms with van der Waals surface area (Å²) in [5.41, 5.74) is 4.04. The number of nitrogens with zero attached hydrogens (tertiary/aromatic N) is 4. The predicted octanol–water partition coefficient (Wildman–Crippen LogP) is 3.68. The largest absolute Gasteiger partial charge is 0.314 e. The number of hydrogen-bond donors (Lipinski definition) is 0. The molecular weight excluding hydrogens is 287 g/mol. The second-order valence-corrected chi connectivity index (χ2v) is 5.35. The monoisotopic (exact) mass is 296 g/mol. The van der Waals surface area contributed by atoms with E-state index in [2.05, 4.69) is 15.2 Å². The highest BCUT2D eigenvalue weighted by Gasteiger charge is 2.17. The van der Waals surface area contributed by atoms with Crippen molar-refractivity contribution in [2.75, 3.05) is 0 Å².